The molecule has 7 heteroatoms. The fraction of sp³-hybridized carbons (Fsp3) is 0.192. The lowest BCUT2D eigenvalue weighted by Gasteiger charge is -2.23. The molecule has 1 atom stereocenters. The van der Waals surface area contributed by atoms with Gasteiger partial charge in [0, 0.05) is 17.8 Å². The number of thioether (sulfide) groups is 1. The van der Waals surface area contributed by atoms with E-state index in [0.29, 0.717) is 27.5 Å². The van der Waals surface area contributed by atoms with Gasteiger partial charge in [-0.3, -0.25) is 14.2 Å². The molecule has 0 spiro atoms. The number of methoxy groups -OCH3 is 1. The minimum Gasteiger partial charge on any atom is -0.497 e. The summed E-state index contributed by atoms with van der Waals surface area (Å²) in [6.07, 6.45) is 0.843. The lowest BCUT2D eigenvalue weighted by molar-refractivity contribution is -0.116. The summed E-state index contributed by atoms with van der Waals surface area (Å²) in [6, 6.07) is 22.7. The maximum atomic E-state index is 13.4. The molecule has 0 bridgehead atoms. The summed E-state index contributed by atoms with van der Waals surface area (Å²) >= 11 is 1.28. The first kappa shape index (κ1) is 21.3. The number of para-hydroxylation sites is 2. The van der Waals surface area contributed by atoms with Crippen molar-refractivity contribution >= 4 is 34.3 Å². The third-order valence-electron chi connectivity index (χ3n) is 5.86. The van der Waals surface area contributed by atoms with Crippen LogP contribution in [0.1, 0.15) is 12.5 Å². The van der Waals surface area contributed by atoms with Crippen LogP contribution in [0.25, 0.3) is 16.6 Å². The van der Waals surface area contributed by atoms with Crippen LogP contribution < -0.4 is 15.2 Å². The van der Waals surface area contributed by atoms with E-state index in [1.54, 1.807) is 23.8 Å². The third-order valence-corrected chi connectivity index (χ3v) is 6.78. The highest BCUT2D eigenvalue weighted by Gasteiger charge is 2.30. The molecule has 0 radical (unpaired) electrons. The number of carbonyl (C=O) groups excluding carboxylic acids is 1. The summed E-state index contributed by atoms with van der Waals surface area (Å²) < 4.78 is 6.91. The quantitative estimate of drug-likeness (QED) is 0.327. The van der Waals surface area contributed by atoms with Crippen molar-refractivity contribution in [3.05, 3.63) is 88.7 Å². The molecule has 5 rings (SSSR count). The number of aromatic nitrogens is 2. The van der Waals surface area contributed by atoms with Crippen LogP contribution in [0.3, 0.4) is 0 Å². The number of amides is 1. The van der Waals surface area contributed by atoms with Crippen molar-refractivity contribution in [1.29, 1.82) is 0 Å². The zero-order chi connectivity index (χ0) is 22.9. The van der Waals surface area contributed by atoms with Gasteiger partial charge in [-0.25, -0.2) is 4.98 Å². The van der Waals surface area contributed by atoms with E-state index in [1.807, 2.05) is 59.5 Å². The summed E-state index contributed by atoms with van der Waals surface area (Å²) in [5.41, 5.74) is 3.22. The van der Waals surface area contributed by atoms with E-state index in [2.05, 4.69) is 13.0 Å². The molecular formula is C26H23N3O3S. The van der Waals surface area contributed by atoms with Crippen molar-refractivity contribution in [2.45, 2.75) is 24.5 Å². The summed E-state index contributed by atoms with van der Waals surface area (Å²) in [6.45, 7) is 2.06. The van der Waals surface area contributed by atoms with E-state index in [0.717, 1.165) is 12.1 Å². The van der Waals surface area contributed by atoms with E-state index >= 15 is 0 Å². The van der Waals surface area contributed by atoms with Crippen molar-refractivity contribution in [2.24, 2.45) is 0 Å². The normalized spacial score (nSPS) is 15.0. The smallest absolute Gasteiger partial charge is 0.266 e. The molecule has 166 valence electrons. The van der Waals surface area contributed by atoms with E-state index in [1.165, 1.54) is 17.3 Å². The number of carbonyl (C=O) groups is 1. The molecule has 0 fully saturated rings. The van der Waals surface area contributed by atoms with Gasteiger partial charge in [0.05, 0.1) is 29.5 Å². The maximum Gasteiger partial charge on any atom is 0.266 e. The Morgan fingerprint density at radius 1 is 1.09 bits per heavy atom. The molecule has 1 aromatic heterocycles. The van der Waals surface area contributed by atoms with Gasteiger partial charge in [0.25, 0.3) is 5.56 Å². The van der Waals surface area contributed by atoms with Crippen LogP contribution in [0.15, 0.2) is 82.7 Å². The Morgan fingerprint density at radius 2 is 1.88 bits per heavy atom. The van der Waals surface area contributed by atoms with Gasteiger partial charge in [0.1, 0.15) is 5.75 Å². The highest BCUT2D eigenvalue weighted by molar-refractivity contribution is 7.99. The summed E-state index contributed by atoms with van der Waals surface area (Å²) in [5, 5.41) is 0.999. The Kier molecular flexibility index (Phi) is 5.64. The van der Waals surface area contributed by atoms with E-state index < -0.39 is 0 Å². The van der Waals surface area contributed by atoms with Gasteiger partial charge in [-0.05, 0) is 49.2 Å². The van der Waals surface area contributed by atoms with Crippen molar-refractivity contribution in [1.82, 2.24) is 9.55 Å². The minimum atomic E-state index is -0.177. The average Bonchev–Trinajstić information content (AvgIpc) is 3.18. The molecule has 0 N–H and O–H groups in total. The Labute approximate surface area is 195 Å². The molecular weight excluding hydrogens is 434 g/mol. The Morgan fingerprint density at radius 3 is 2.73 bits per heavy atom. The number of benzene rings is 3. The van der Waals surface area contributed by atoms with Crippen molar-refractivity contribution < 1.29 is 9.53 Å². The first-order valence-electron chi connectivity index (χ1n) is 10.8. The number of rotatable bonds is 5. The second-order valence-electron chi connectivity index (χ2n) is 7.99. The lowest BCUT2D eigenvalue weighted by atomic mass is 10.1. The van der Waals surface area contributed by atoms with E-state index in [4.69, 9.17) is 9.72 Å². The SMILES string of the molecule is COc1cccc(-n2c(SCC(=O)N3c4ccccc4CC3C)nc3ccccc3c2=O)c1. The fourth-order valence-electron chi connectivity index (χ4n) is 4.33. The molecule has 2 heterocycles. The number of anilines is 1. The van der Waals surface area contributed by atoms with Crippen LogP contribution in [-0.4, -0.2) is 34.4 Å². The topological polar surface area (TPSA) is 64.4 Å². The van der Waals surface area contributed by atoms with Crippen LogP contribution >= 0.6 is 11.8 Å². The third kappa shape index (κ3) is 3.89. The molecule has 3 aromatic carbocycles. The zero-order valence-corrected chi connectivity index (χ0v) is 19.2. The van der Waals surface area contributed by atoms with Gasteiger partial charge < -0.3 is 9.64 Å². The molecule has 1 aliphatic rings. The van der Waals surface area contributed by atoms with Crippen LogP contribution in [-0.2, 0) is 11.2 Å². The van der Waals surface area contributed by atoms with Crippen LogP contribution in [0, 0.1) is 0 Å². The van der Waals surface area contributed by atoms with Crippen molar-refractivity contribution in [2.75, 3.05) is 17.8 Å². The standard InChI is InChI=1S/C26H23N3O3S/c1-17-14-18-8-3-6-13-23(18)28(17)24(30)16-33-26-27-22-12-5-4-11-21(22)25(31)29(26)19-9-7-10-20(15-19)32-2/h3-13,15,17H,14,16H2,1-2H3. The molecule has 33 heavy (non-hydrogen) atoms. The number of hydrogen-bond acceptors (Lipinski definition) is 5. The number of ether oxygens (including phenoxy) is 1. The van der Waals surface area contributed by atoms with E-state index in [-0.39, 0.29) is 23.3 Å². The van der Waals surface area contributed by atoms with Gasteiger partial charge >= 0.3 is 0 Å². The van der Waals surface area contributed by atoms with Gasteiger partial charge in [0.2, 0.25) is 5.91 Å². The number of fused-ring (bicyclic) bond motifs is 2. The molecule has 6 nitrogen and oxygen atoms in total. The first-order chi connectivity index (χ1) is 16.1. The monoisotopic (exact) mass is 457 g/mol. The van der Waals surface area contributed by atoms with E-state index in [9.17, 15) is 9.59 Å². The van der Waals surface area contributed by atoms with Gasteiger partial charge in [0.15, 0.2) is 5.16 Å². The second-order valence-corrected chi connectivity index (χ2v) is 8.93. The first-order valence-corrected chi connectivity index (χ1v) is 11.7. The minimum absolute atomic E-state index is 0.00273. The fourth-order valence-corrected chi connectivity index (χ4v) is 5.20. The Balaban J connectivity index is 1.53. The van der Waals surface area contributed by atoms with Gasteiger partial charge in [-0.15, -0.1) is 0 Å². The van der Waals surface area contributed by atoms with Crippen molar-refractivity contribution in [3.63, 3.8) is 0 Å². The summed E-state index contributed by atoms with van der Waals surface area (Å²) in [5.74, 6) is 0.812. The average molecular weight is 458 g/mol. The lowest BCUT2D eigenvalue weighted by Crippen LogP contribution is -2.37. The largest absolute Gasteiger partial charge is 0.497 e. The van der Waals surface area contributed by atoms with Crippen molar-refractivity contribution in [3.8, 4) is 11.4 Å². The molecule has 4 aromatic rings. The number of nitrogens with zero attached hydrogens (tertiary/aromatic N) is 3. The molecule has 0 aliphatic carbocycles. The summed E-state index contributed by atoms with van der Waals surface area (Å²) in [7, 11) is 1.59. The second kappa shape index (κ2) is 8.75. The van der Waals surface area contributed by atoms with Crippen LogP contribution in [0.2, 0.25) is 0 Å². The molecule has 0 saturated heterocycles. The highest BCUT2D eigenvalue weighted by atomic mass is 32.2. The molecule has 1 amide bonds. The molecule has 1 aliphatic heterocycles. The Hall–Kier alpha value is -3.58. The number of hydrogen-bond donors (Lipinski definition) is 0. The maximum absolute atomic E-state index is 13.4. The Bertz CT molecular complexity index is 1420. The predicted octanol–water partition coefficient (Wildman–Crippen LogP) is 4.46. The van der Waals surface area contributed by atoms with Crippen LogP contribution in [0.4, 0.5) is 5.69 Å². The predicted molar refractivity (Wildman–Crippen MR) is 132 cm³/mol. The zero-order valence-electron chi connectivity index (χ0n) is 18.4. The molecule has 0 saturated carbocycles. The highest BCUT2D eigenvalue weighted by Crippen LogP contribution is 2.33. The molecule has 1 unspecified atom stereocenters. The summed E-state index contributed by atoms with van der Waals surface area (Å²) in [4.78, 5) is 33.3. The van der Waals surface area contributed by atoms with Gasteiger partial charge in [-0.1, -0.05) is 48.2 Å². The van der Waals surface area contributed by atoms with Crippen LogP contribution in [0.5, 0.6) is 5.75 Å². The van der Waals surface area contributed by atoms with Gasteiger partial charge in [-0.2, -0.15) is 0 Å².